The fourth-order valence-electron chi connectivity index (χ4n) is 3.77. The normalized spacial score (nSPS) is 15.8. The first-order valence-corrected chi connectivity index (χ1v) is 11.3. The molecule has 3 aromatic carbocycles. The molecule has 1 aliphatic heterocycles. The average molecular weight is 458 g/mol. The number of halogens is 2. The minimum Gasteiger partial charge on any atom is -0.497 e. The Morgan fingerprint density at radius 2 is 1.78 bits per heavy atom. The number of nitrogens with zero attached hydrogens (tertiary/aromatic N) is 1. The van der Waals surface area contributed by atoms with Gasteiger partial charge in [0.25, 0.3) is 0 Å². The monoisotopic (exact) mass is 457 g/mol. The first-order valence-electron chi connectivity index (χ1n) is 10.4. The summed E-state index contributed by atoms with van der Waals surface area (Å²) in [4.78, 5) is 3.34. The van der Waals surface area contributed by atoms with Crippen molar-refractivity contribution in [3.63, 3.8) is 0 Å². The van der Waals surface area contributed by atoms with Gasteiger partial charge in [-0.15, -0.1) is 11.8 Å². The van der Waals surface area contributed by atoms with E-state index in [1.807, 2.05) is 42.5 Å². The van der Waals surface area contributed by atoms with E-state index < -0.39 is 11.6 Å². The van der Waals surface area contributed by atoms with Crippen LogP contribution >= 0.6 is 11.8 Å². The number of aliphatic hydroxyl groups excluding tert-OH is 1. The number of hydrogen-bond donors (Lipinski definition) is 1. The van der Waals surface area contributed by atoms with E-state index in [1.54, 1.807) is 24.9 Å². The van der Waals surface area contributed by atoms with Gasteiger partial charge in [0.15, 0.2) is 11.6 Å². The Balaban J connectivity index is 1.59. The highest BCUT2D eigenvalue weighted by Crippen LogP contribution is 2.46. The average Bonchev–Trinajstić information content (AvgIpc) is 2.99. The second-order valence-corrected chi connectivity index (χ2v) is 8.78. The van der Waals surface area contributed by atoms with Gasteiger partial charge in [0.2, 0.25) is 0 Å². The summed E-state index contributed by atoms with van der Waals surface area (Å²) in [6.07, 6.45) is 0.782. The minimum atomic E-state index is -0.831. The molecule has 0 spiro atoms. The van der Waals surface area contributed by atoms with Crippen molar-refractivity contribution in [1.29, 1.82) is 0 Å². The number of fused-ring (bicyclic) bond motifs is 1. The molecule has 4 nitrogen and oxygen atoms in total. The molecule has 1 atom stereocenters. The topological polar surface area (TPSA) is 41.9 Å². The lowest BCUT2D eigenvalue weighted by Crippen LogP contribution is -2.24. The molecule has 0 radical (unpaired) electrons. The van der Waals surface area contributed by atoms with Gasteiger partial charge >= 0.3 is 0 Å². The smallest absolute Gasteiger partial charge is 0.159 e. The van der Waals surface area contributed by atoms with Crippen molar-refractivity contribution >= 4 is 17.4 Å². The summed E-state index contributed by atoms with van der Waals surface area (Å²) < 4.78 is 38.2. The Morgan fingerprint density at radius 3 is 2.50 bits per heavy atom. The van der Waals surface area contributed by atoms with Crippen molar-refractivity contribution in [1.82, 2.24) is 0 Å². The second kappa shape index (κ2) is 10.2. The lowest BCUT2D eigenvalue weighted by Gasteiger charge is -2.25. The molecule has 0 aliphatic carbocycles. The van der Waals surface area contributed by atoms with Crippen LogP contribution in [0.2, 0.25) is 0 Å². The van der Waals surface area contributed by atoms with E-state index in [0.29, 0.717) is 6.54 Å². The predicted molar refractivity (Wildman–Crippen MR) is 123 cm³/mol. The fraction of sp³-hybridized carbons (Fsp3) is 0.280. The molecule has 0 saturated heterocycles. The van der Waals surface area contributed by atoms with Gasteiger partial charge in [-0.3, -0.25) is 0 Å². The SMILES string of the molecule is COc1ccc2c(c1)S[C@H](c1ccc(F)c(F)c1)CCN2Cc1ccc(OCCO)cc1. The van der Waals surface area contributed by atoms with Gasteiger partial charge in [-0.25, -0.2) is 8.78 Å². The van der Waals surface area contributed by atoms with E-state index in [-0.39, 0.29) is 18.5 Å². The maximum atomic E-state index is 13.9. The Bertz CT molecular complexity index is 1060. The van der Waals surface area contributed by atoms with Crippen LogP contribution in [-0.2, 0) is 6.54 Å². The summed E-state index contributed by atoms with van der Waals surface area (Å²) in [5.41, 5.74) is 2.98. The van der Waals surface area contributed by atoms with E-state index in [0.717, 1.165) is 46.2 Å². The molecule has 4 rings (SSSR count). The number of ether oxygens (including phenoxy) is 2. The third-order valence-corrected chi connectivity index (χ3v) is 6.78. The molecule has 0 amide bonds. The predicted octanol–water partition coefficient (Wildman–Crippen LogP) is 5.59. The van der Waals surface area contributed by atoms with Gasteiger partial charge in [0, 0.05) is 23.2 Å². The van der Waals surface area contributed by atoms with E-state index in [9.17, 15) is 8.78 Å². The van der Waals surface area contributed by atoms with Crippen LogP contribution in [0.1, 0.15) is 22.8 Å². The van der Waals surface area contributed by atoms with E-state index in [1.165, 1.54) is 12.1 Å². The summed E-state index contributed by atoms with van der Waals surface area (Å²) in [6, 6.07) is 18.0. The fourth-order valence-corrected chi connectivity index (χ4v) is 5.08. The van der Waals surface area contributed by atoms with Crippen molar-refractivity contribution in [3.05, 3.63) is 83.4 Å². The van der Waals surface area contributed by atoms with E-state index in [2.05, 4.69) is 4.90 Å². The van der Waals surface area contributed by atoms with Crippen molar-refractivity contribution in [3.8, 4) is 11.5 Å². The molecule has 0 bridgehead atoms. The van der Waals surface area contributed by atoms with Crippen LogP contribution in [0.3, 0.4) is 0 Å². The molecule has 1 aliphatic rings. The molecule has 0 fully saturated rings. The standard InChI is InChI=1S/C25H25F2NO3S/c1-30-20-7-9-23-25(15-20)32-24(18-4-8-21(26)22(27)14-18)10-11-28(23)16-17-2-5-19(6-3-17)31-13-12-29/h2-9,14-15,24,29H,10-13,16H2,1H3/t24-/m0/s1. The van der Waals surface area contributed by atoms with Gasteiger partial charge in [0.05, 0.1) is 19.4 Å². The molecule has 1 heterocycles. The molecule has 32 heavy (non-hydrogen) atoms. The lowest BCUT2D eigenvalue weighted by molar-refractivity contribution is 0.201. The third-order valence-electron chi connectivity index (χ3n) is 5.41. The number of anilines is 1. The summed E-state index contributed by atoms with van der Waals surface area (Å²) in [5, 5.41) is 8.90. The number of methoxy groups -OCH3 is 1. The molecule has 7 heteroatoms. The first kappa shape index (κ1) is 22.4. The highest BCUT2D eigenvalue weighted by Gasteiger charge is 2.25. The van der Waals surface area contributed by atoms with Crippen LogP contribution in [0.15, 0.2) is 65.6 Å². The largest absolute Gasteiger partial charge is 0.497 e. The molecular formula is C25H25F2NO3S. The van der Waals surface area contributed by atoms with Crippen LogP contribution < -0.4 is 14.4 Å². The molecule has 3 aromatic rings. The third kappa shape index (κ3) is 5.16. The quantitative estimate of drug-likeness (QED) is 0.501. The Hall–Kier alpha value is -2.77. The molecule has 0 aromatic heterocycles. The highest BCUT2D eigenvalue weighted by atomic mass is 32.2. The van der Waals surface area contributed by atoms with Crippen LogP contribution in [-0.4, -0.2) is 32.0 Å². The summed E-state index contributed by atoms with van der Waals surface area (Å²) >= 11 is 1.65. The van der Waals surface area contributed by atoms with Crippen LogP contribution in [0.4, 0.5) is 14.5 Å². The van der Waals surface area contributed by atoms with Gasteiger partial charge in [0.1, 0.15) is 18.1 Å². The van der Waals surface area contributed by atoms with Crippen molar-refractivity contribution in [2.75, 3.05) is 31.8 Å². The minimum absolute atomic E-state index is 0.00443. The number of aliphatic hydroxyl groups is 1. The number of benzene rings is 3. The Kier molecular flexibility index (Phi) is 7.17. The van der Waals surface area contributed by atoms with Crippen LogP contribution in [0.25, 0.3) is 0 Å². The van der Waals surface area contributed by atoms with Crippen LogP contribution in [0, 0.1) is 11.6 Å². The zero-order valence-electron chi connectivity index (χ0n) is 17.8. The van der Waals surface area contributed by atoms with Crippen molar-refractivity contribution < 1.29 is 23.4 Å². The second-order valence-electron chi connectivity index (χ2n) is 7.54. The highest BCUT2D eigenvalue weighted by molar-refractivity contribution is 7.99. The lowest BCUT2D eigenvalue weighted by atomic mass is 10.1. The van der Waals surface area contributed by atoms with E-state index >= 15 is 0 Å². The molecule has 0 unspecified atom stereocenters. The Morgan fingerprint density at radius 1 is 1.00 bits per heavy atom. The summed E-state index contributed by atoms with van der Waals surface area (Å²) in [6.45, 7) is 1.71. The maximum Gasteiger partial charge on any atom is 0.159 e. The first-order chi connectivity index (χ1) is 15.6. The number of hydrogen-bond acceptors (Lipinski definition) is 5. The molecule has 168 valence electrons. The van der Waals surface area contributed by atoms with Gasteiger partial charge in [-0.05, 0) is 60.0 Å². The van der Waals surface area contributed by atoms with Crippen LogP contribution in [0.5, 0.6) is 11.5 Å². The zero-order valence-corrected chi connectivity index (χ0v) is 18.6. The number of rotatable bonds is 7. The molecule has 0 saturated carbocycles. The zero-order chi connectivity index (χ0) is 22.5. The van der Waals surface area contributed by atoms with Gasteiger partial charge < -0.3 is 19.5 Å². The van der Waals surface area contributed by atoms with Crippen molar-refractivity contribution in [2.45, 2.75) is 23.1 Å². The maximum absolute atomic E-state index is 13.9. The summed E-state index contributed by atoms with van der Waals surface area (Å²) in [7, 11) is 1.63. The summed E-state index contributed by atoms with van der Waals surface area (Å²) in [5.74, 6) is -0.175. The molecular weight excluding hydrogens is 432 g/mol. The number of thioether (sulfide) groups is 1. The Labute approximate surface area is 190 Å². The molecule has 1 N–H and O–H groups in total. The van der Waals surface area contributed by atoms with Gasteiger partial charge in [-0.2, -0.15) is 0 Å². The van der Waals surface area contributed by atoms with E-state index in [4.69, 9.17) is 14.6 Å². The van der Waals surface area contributed by atoms with Gasteiger partial charge in [-0.1, -0.05) is 18.2 Å². The van der Waals surface area contributed by atoms with Crippen molar-refractivity contribution in [2.24, 2.45) is 0 Å².